The molecule has 1 aromatic carbocycles. The second-order valence-electron chi connectivity index (χ2n) is 6.43. The zero-order chi connectivity index (χ0) is 14.4. The van der Waals surface area contributed by atoms with Gasteiger partial charge in [0.15, 0.2) is 0 Å². The van der Waals surface area contributed by atoms with Crippen LogP contribution in [0, 0.1) is 11.3 Å². The predicted molar refractivity (Wildman–Crippen MR) is 79.1 cm³/mol. The summed E-state index contributed by atoms with van der Waals surface area (Å²) in [6, 6.07) is 6.15. The quantitative estimate of drug-likeness (QED) is 0.842. The highest BCUT2D eigenvalue weighted by Gasteiger charge is 2.61. The smallest absolute Gasteiger partial charge is 0.236 e. The first-order chi connectivity index (χ1) is 9.41. The van der Waals surface area contributed by atoms with Gasteiger partial charge in [0.25, 0.3) is 0 Å². The van der Waals surface area contributed by atoms with Gasteiger partial charge >= 0.3 is 0 Å². The highest BCUT2D eigenvalue weighted by molar-refractivity contribution is 7.93. The molecular weight excluding hydrogens is 274 g/mol. The summed E-state index contributed by atoms with van der Waals surface area (Å²) in [5, 5.41) is 8.98. The number of rotatable bonds is 3. The molecule has 1 spiro atoms. The molecular formula is C15H21NO3S. The van der Waals surface area contributed by atoms with E-state index in [4.69, 9.17) is 0 Å². The summed E-state index contributed by atoms with van der Waals surface area (Å²) in [4.78, 5) is 0. The molecule has 2 saturated carbocycles. The highest BCUT2D eigenvalue weighted by atomic mass is 32.2. The summed E-state index contributed by atoms with van der Waals surface area (Å²) in [5.41, 5.74) is 0.559. The normalized spacial score (nSPS) is 33.0. The van der Waals surface area contributed by atoms with E-state index in [1.54, 1.807) is 12.1 Å². The van der Waals surface area contributed by atoms with E-state index in [0.717, 1.165) is 38.0 Å². The molecule has 1 unspecified atom stereocenters. The minimum absolute atomic E-state index is 0.0370. The third kappa shape index (κ3) is 2.51. The van der Waals surface area contributed by atoms with Crippen molar-refractivity contribution < 1.29 is 13.5 Å². The number of nitrogens with one attached hydrogen (secondary N) is 1. The second-order valence-corrected chi connectivity index (χ2v) is 8.29. The first kappa shape index (κ1) is 13.7. The molecule has 0 amide bonds. The number of sulfonamides is 1. The third-order valence-corrected chi connectivity index (χ3v) is 6.82. The van der Waals surface area contributed by atoms with Crippen molar-refractivity contribution in [1.29, 1.82) is 0 Å². The average Bonchev–Trinajstić information content (AvgIpc) is 3.12. The Morgan fingerprint density at radius 3 is 2.40 bits per heavy atom. The van der Waals surface area contributed by atoms with Crippen LogP contribution >= 0.6 is 0 Å². The summed E-state index contributed by atoms with van der Waals surface area (Å²) < 4.78 is 27.5. The molecule has 3 rings (SSSR count). The van der Waals surface area contributed by atoms with Gasteiger partial charge in [-0.25, -0.2) is 8.42 Å². The first-order valence-corrected chi connectivity index (χ1v) is 8.77. The van der Waals surface area contributed by atoms with Crippen LogP contribution in [0.4, 0.5) is 5.69 Å². The SMILES string of the molecule is CC1CCC2(CC1)CC2S(=O)(=O)Nc1ccc(O)cc1. The van der Waals surface area contributed by atoms with Gasteiger partial charge in [-0.1, -0.05) is 19.8 Å². The van der Waals surface area contributed by atoms with Crippen LogP contribution in [0.3, 0.4) is 0 Å². The van der Waals surface area contributed by atoms with E-state index in [1.807, 2.05) is 0 Å². The standard InChI is InChI=1S/C15H21NO3S/c1-11-6-8-15(9-7-11)10-14(15)20(18,19)16-12-2-4-13(17)5-3-12/h2-5,11,14,16-17H,6-10H2,1H3. The summed E-state index contributed by atoms with van der Waals surface area (Å²) >= 11 is 0. The molecule has 2 fully saturated rings. The van der Waals surface area contributed by atoms with Gasteiger partial charge in [0.05, 0.1) is 5.25 Å². The molecule has 110 valence electrons. The second kappa shape index (κ2) is 4.65. The number of phenols is 1. The fraction of sp³-hybridized carbons (Fsp3) is 0.600. The lowest BCUT2D eigenvalue weighted by Crippen LogP contribution is -2.25. The molecule has 20 heavy (non-hydrogen) atoms. The molecule has 2 aliphatic carbocycles. The molecule has 1 atom stereocenters. The van der Waals surface area contributed by atoms with Crippen molar-refractivity contribution in [3.8, 4) is 5.75 Å². The minimum atomic E-state index is -3.31. The van der Waals surface area contributed by atoms with Crippen LogP contribution in [0.25, 0.3) is 0 Å². The van der Waals surface area contributed by atoms with E-state index >= 15 is 0 Å². The summed E-state index contributed by atoms with van der Waals surface area (Å²) in [6.07, 6.45) is 5.16. The maximum absolute atomic E-state index is 12.4. The molecule has 5 heteroatoms. The van der Waals surface area contributed by atoms with Gasteiger partial charge in [-0.2, -0.15) is 0 Å². The summed E-state index contributed by atoms with van der Waals surface area (Å²) in [5.74, 6) is 0.867. The van der Waals surface area contributed by atoms with Crippen LogP contribution in [0.15, 0.2) is 24.3 Å². The van der Waals surface area contributed by atoms with Crippen molar-refractivity contribution in [2.45, 2.75) is 44.3 Å². The first-order valence-electron chi connectivity index (χ1n) is 7.22. The van der Waals surface area contributed by atoms with E-state index in [2.05, 4.69) is 11.6 Å². The molecule has 0 heterocycles. The largest absolute Gasteiger partial charge is 0.508 e. The van der Waals surface area contributed by atoms with E-state index in [9.17, 15) is 13.5 Å². The van der Waals surface area contributed by atoms with Gasteiger partial charge in [-0.15, -0.1) is 0 Å². The van der Waals surface area contributed by atoms with Gasteiger partial charge in [0, 0.05) is 5.69 Å². The number of hydrogen-bond donors (Lipinski definition) is 2. The zero-order valence-corrected chi connectivity index (χ0v) is 12.5. The topological polar surface area (TPSA) is 66.4 Å². The van der Waals surface area contributed by atoms with Crippen LogP contribution in [-0.4, -0.2) is 18.8 Å². The fourth-order valence-electron chi connectivity index (χ4n) is 3.38. The third-order valence-electron chi connectivity index (χ3n) is 4.89. The van der Waals surface area contributed by atoms with Gasteiger partial charge < -0.3 is 5.11 Å². The lowest BCUT2D eigenvalue weighted by Gasteiger charge is -2.27. The lowest BCUT2D eigenvalue weighted by atomic mass is 9.81. The summed E-state index contributed by atoms with van der Waals surface area (Å²) in [6.45, 7) is 2.24. The van der Waals surface area contributed by atoms with E-state index < -0.39 is 10.0 Å². The number of phenolic OH excluding ortho intramolecular Hbond substituents is 1. The van der Waals surface area contributed by atoms with E-state index in [1.165, 1.54) is 12.1 Å². The Morgan fingerprint density at radius 2 is 1.80 bits per heavy atom. The van der Waals surface area contributed by atoms with Crippen molar-refractivity contribution in [3.05, 3.63) is 24.3 Å². The zero-order valence-electron chi connectivity index (χ0n) is 11.7. The predicted octanol–water partition coefficient (Wildman–Crippen LogP) is 3.10. The lowest BCUT2D eigenvalue weighted by molar-refractivity contribution is 0.272. The van der Waals surface area contributed by atoms with Crippen LogP contribution in [-0.2, 0) is 10.0 Å². The monoisotopic (exact) mass is 295 g/mol. The molecule has 1 aromatic rings. The fourth-order valence-corrected chi connectivity index (χ4v) is 5.43. The Morgan fingerprint density at radius 1 is 1.20 bits per heavy atom. The highest BCUT2D eigenvalue weighted by Crippen LogP contribution is 2.60. The Bertz CT molecular complexity index is 586. The van der Waals surface area contributed by atoms with Crippen LogP contribution in [0.5, 0.6) is 5.75 Å². The Balaban J connectivity index is 1.69. The molecule has 0 aromatic heterocycles. The number of aromatic hydroxyl groups is 1. The Kier molecular flexibility index (Phi) is 3.20. The molecule has 4 nitrogen and oxygen atoms in total. The molecule has 0 radical (unpaired) electrons. The molecule has 0 bridgehead atoms. The minimum Gasteiger partial charge on any atom is -0.508 e. The maximum atomic E-state index is 12.4. The van der Waals surface area contributed by atoms with Crippen LogP contribution < -0.4 is 4.72 Å². The average molecular weight is 295 g/mol. The van der Waals surface area contributed by atoms with Gasteiger partial charge in [0.1, 0.15) is 5.75 Å². The van der Waals surface area contributed by atoms with E-state index in [-0.39, 0.29) is 16.4 Å². The Labute approximate surface area is 120 Å². The van der Waals surface area contributed by atoms with Crippen molar-refractivity contribution in [1.82, 2.24) is 0 Å². The van der Waals surface area contributed by atoms with Crippen molar-refractivity contribution >= 4 is 15.7 Å². The Hall–Kier alpha value is -1.23. The number of anilines is 1. The van der Waals surface area contributed by atoms with Crippen molar-refractivity contribution in [2.24, 2.45) is 11.3 Å². The molecule has 2 aliphatic rings. The van der Waals surface area contributed by atoms with Crippen molar-refractivity contribution in [2.75, 3.05) is 4.72 Å². The van der Waals surface area contributed by atoms with Crippen LogP contribution in [0.2, 0.25) is 0 Å². The summed E-state index contributed by atoms with van der Waals surface area (Å²) in [7, 11) is -3.31. The van der Waals surface area contributed by atoms with Gasteiger partial charge in [-0.3, -0.25) is 4.72 Å². The van der Waals surface area contributed by atoms with Gasteiger partial charge in [0.2, 0.25) is 10.0 Å². The maximum Gasteiger partial charge on any atom is 0.236 e. The van der Waals surface area contributed by atoms with Crippen LogP contribution in [0.1, 0.15) is 39.0 Å². The van der Waals surface area contributed by atoms with Crippen molar-refractivity contribution in [3.63, 3.8) is 0 Å². The molecule has 0 saturated heterocycles. The molecule has 0 aliphatic heterocycles. The van der Waals surface area contributed by atoms with Gasteiger partial charge in [-0.05, 0) is 54.9 Å². The molecule has 2 N–H and O–H groups in total. The number of hydrogen-bond acceptors (Lipinski definition) is 3. The van der Waals surface area contributed by atoms with E-state index in [0.29, 0.717) is 5.69 Å². The number of benzene rings is 1.